The quantitative estimate of drug-likeness (QED) is 0.404. The fourth-order valence-corrected chi connectivity index (χ4v) is 4.24. The fourth-order valence-electron chi connectivity index (χ4n) is 4.24. The smallest absolute Gasteiger partial charge is 0.332 e. The highest BCUT2D eigenvalue weighted by Gasteiger charge is 2.19. The summed E-state index contributed by atoms with van der Waals surface area (Å²) < 4.78 is 4.29. The highest BCUT2D eigenvalue weighted by Crippen LogP contribution is 2.20. The van der Waals surface area contributed by atoms with Crippen LogP contribution in [0.1, 0.15) is 30.4 Å². The Morgan fingerprint density at radius 2 is 1.91 bits per heavy atom. The van der Waals surface area contributed by atoms with E-state index in [1.165, 1.54) is 9.13 Å². The first-order valence-electron chi connectivity index (χ1n) is 11.2. The second-order valence-electron chi connectivity index (χ2n) is 8.46. The third-order valence-electron chi connectivity index (χ3n) is 6.05. The molecule has 5 aromatic rings. The van der Waals surface area contributed by atoms with Crippen LogP contribution < -0.4 is 16.6 Å². The van der Waals surface area contributed by atoms with Gasteiger partial charge < -0.3 is 14.9 Å². The van der Waals surface area contributed by atoms with E-state index in [1.54, 1.807) is 30.9 Å². The van der Waals surface area contributed by atoms with Crippen LogP contribution in [0.2, 0.25) is 0 Å². The number of nitrogens with zero attached hydrogens (tertiary/aromatic N) is 6. The van der Waals surface area contributed by atoms with E-state index >= 15 is 0 Å². The molecule has 0 spiro atoms. The van der Waals surface area contributed by atoms with E-state index < -0.39 is 11.2 Å². The van der Waals surface area contributed by atoms with Gasteiger partial charge in [0.1, 0.15) is 11.6 Å². The minimum absolute atomic E-state index is 0.135. The van der Waals surface area contributed by atoms with Gasteiger partial charge in [-0.15, -0.1) is 0 Å². The number of H-pyrrole nitrogens is 1. The van der Waals surface area contributed by atoms with Gasteiger partial charge in [0.25, 0.3) is 5.56 Å². The van der Waals surface area contributed by atoms with Crippen LogP contribution in [0.4, 0.5) is 11.8 Å². The Kier molecular flexibility index (Phi) is 5.27. The monoisotopic (exact) mass is 458 g/mol. The van der Waals surface area contributed by atoms with Crippen molar-refractivity contribution in [2.45, 2.75) is 33.2 Å². The predicted octanol–water partition coefficient (Wildman–Crippen LogP) is 2.76. The van der Waals surface area contributed by atoms with E-state index in [9.17, 15) is 9.59 Å². The Balaban J connectivity index is 1.58. The van der Waals surface area contributed by atoms with Crippen LogP contribution in [-0.2, 0) is 27.1 Å². The summed E-state index contributed by atoms with van der Waals surface area (Å²) in [5.41, 5.74) is 2.71. The molecule has 0 aliphatic rings. The number of fused-ring (bicyclic) bond motifs is 2. The van der Waals surface area contributed by atoms with Gasteiger partial charge in [-0.25, -0.2) is 14.8 Å². The zero-order chi connectivity index (χ0) is 24.0. The van der Waals surface area contributed by atoms with Crippen molar-refractivity contribution in [2.75, 3.05) is 5.32 Å². The first-order chi connectivity index (χ1) is 16.4. The van der Waals surface area contributed by atoms with Crippen LogP contribution in [0.3, 0.4) is 0 Å². The normalized spacial score (nSPS) is 11.5. The molecule has 0 amide bonds. The first kappa shape index (κ1) is 21.6. The number of aromatic amines is 1. The number of imidazole rings is 1. The van der Waals surface area contributed by atoms with Crippen LogP contribution in [-0.4, -0.2) is 33.6 Å². The summed E-state index contributed by atoms with van der Waals surface area (Å²) in [7, 11) is 3.37. The van der Waals surface area contributed by atoms with Crippen molar-refractivity contribution < 1.29 is 0 Å². The standard InChI is InChI=1S/C24H26N8O2/c1-5-7-18-25-11-10-19(27-18)28-23-29-21-20(30(23)3)22(33)32(24(34)31(21)4)13-15-12-16-14(2)8-6-9-17(16)26-15/h6,8-12,26H,5,7,13H2,1-4H3,(H,25,27,28,29). The number of nitrogens with one attached hydrogen (secondary N) is 2. The first-order valence-corrected chi connectivity index (χ1v) is 11.2. The maximum Gasteiger partial charge on any atom is 0.332 e. The molecule has 0 saturated carbocycles. The van der Waals surface area contributed by atoms with E-state index in [0.29, 0.717) is 22.9 Å². The summed E-state index contributed by atoms with van der Waals surface area (Å²) in [5.74, 6) is 1.73. The highest BCUT2D eigenvalue weighted by molar-refractivity contribution is 5.83. The van der Waals surface area contributed by atoms with Gasteiger partial charge in [-0.3, -0.25) is 13.9 Å². The largest absolute Gasteiger partial charge is 0.357 e. The second kappa shape index (κ2) is 8.29. The molecule has 0 bridgehead atoms. The highest BCUT2D eigenvalue weighted by atomic mass is 16.2. The van der Waals surface area contributed by atoms with E-state index in [-0.39, 0.29) is 6.54 Å². The summed E-state index contributed by atoms with van der Waals surface area (Å²) in [6.45, 7) is 4.23. The molecule has 2 N–H and O–H groups in total. The van der Waals surface area contributed by atoms with E-state index in [0.717, 1.165) is 40.8 Å². The molecule has 174 valence electrons. The molecule has 0 saturated heterocycles. The molecule has 10 heteroatoms. The van der Waals surface area contributed by atoms with Gasteiger partial charge in [0.05, 0.1) is 6.54 Å². The van der Waals surface area contributed by atoms with Gasteiger partial charge >= 0.3 is 5.69 Å². The minimum Gasteiger partial charge on any atom is -0.357 e. The van der Waals surface area contributed by atoms with Crippen molar-refractivity contribution in [3.8, 4) is 0 Å². The maximum absolute atomic E-state index is 13.4. The summed E-state index contributed by atoms with van der Waals surface area (Å²) in [6, 6.07) is 9.72. The zero-order valence-electron chi connectivity index (χ0n) is 19.6. The van der Waals surface area contributed by atoms with Gasteiger partial charge in [-0.05, 0) is 37.1 Å². The van der Waals surface area contributed by atoms with Gasteiger partial charge in [0.15, 0.2) is 11.2 Å². The maximum atomic E-state index is 13.4. The SMILES string of the molecule is CCCc1nccc(Nc2nc3c(c(=O)n(Cc4cc5c(C)cccc5[nH]4)c(=O)n3C)n2C)n1. The van der Waals surface area contributed by atoms with Gasteiger partial charge in [0, 0.05) is 43.3 Å². The molecule has 0 radical (unpaired) electrons. The van der Waals surface area contributed by atoms with Crippen LogP contribution in [0.25, 0.3) is 22.1 Å². The number of hydrogen-bond donors (Lipinski definition) is 2. The fraction of sp³-hybridized carbons (Fsp3) is 0.292. The zero-order valence-corrected chi connectivity index (χ0v) is 19.6. The van der Waals surface area contributed by atoms with E-state index in [1.807, 2.05) is 31.2 Å². The number of hydrogen-bond acceptors (Lipinski definition) is 6. The molecule has 4 heterocycles. The van der Waals surface area contributed by atoms with E-state index in [2.05, 4.69) is 32.2 Å². The van der Waals surface area contributed by atoms with Gasteiger partial charge in [-0.2, -0.15) is 4.98 Å². The average molecular weight is 459 g/mol. The van der Waals surface area contributed by atoms with Gasteiger partial charge in [0.2, 0.25) is 5.95 Å². The average Bonchev–Trinajstić information content (AvgIpc) is 3.38. The molecule has 0 atom stereocenters. The van der Waals surface area contributed by atoms with Crippen LogP contribution >= 0.6 is 0 Å². The molecule has 0 unspecified atom stereocenters. The number of rotatable bonds is 6. The summed E-state index contributed by atoms with van der Waals surface area (Å²) in [4.78, 5) is 43.2. The number of aryl methyl sites for hydroxylation is 4. The third kappa shape index (κ3) is 3.57. The number of benzene rings is 1. The molecule has 34 heavy (non-hydrogen) atoms. The number of anilines is 2. The van der Waals surface area contributed by atoms with Crippen LogP contribution in [0.15, 0.2) is 46.1 Å². The van der Waals surface area contributed by atoms with E-state index in [4.69, 9.17) is 0 Å². The molecule has 0 fully saturated rings. The Bertz CT molecular complexity index is 1650. The molecule has 10 nitrogen and oxygen atoms in total. The summed E-state index contributed by atoms with van der Waals surface area (Å²) >= 11 is 0. The molecule has 5 rings (SSSR count). The molecule has 4 aromatic heterocycles. The molecule has 0 aliphatic carbocycles. The molecular formula is C24H26N8O2. The lowest BCUT2D eigenvalue weighted by Gasteiger charge is -2.08. The molecule has 1 aromatic carbocycles. The van der Waals surface area contributed by atoms with Crippen molar-refractivity contribution in [3.63, 3.8) is 0 Å². The molecular weight excluding hydrogens is 432 g/mol. The lowest BCUT2D eigenvalue weighted by molar-refractivity contribution is 0.648. The van der Waals surface area contributed by atoms with Crippen LogP contribution in [0, 0.1) is 6.92 Å². The Morgan fingerprint density at radius 1 is 1.09 bits per heavy atom. The summed E-state index contributed by atoms with van der Waals surface area (Å²) in [6.07, 6.45) is 3.39. The van der Waals surface area contributed by atoms with Crippen molar-refractivity contribution >= 4 is 33.8 Å². The lowest BCUT2D eigenvalue weighted by Crippen LogP contribution is -2.39. The molecule has 0 aliphatic heterocycles. The van der Waals surface area contributed by atoms with Crippen molar-refractivity contribution in [1.82, 2.24) is 33.6 Å². The topological polar surface area (TPSA) is 115 Å². The second-order valence-corrected chi connectivity index (χ2v) is 8.46. The Morgan fingerprint density at radius 3 is 2.68 bits per heavy atom. The lowest BCUT2D eigenvalue weighted by atomic mass is 10.1. The third-order valence-corrected chi connectivity index (χ3v) is 6.05. The van der Waals surface area contributed by atoms with Crippen molar-refractivity contribution in [1.29, 1.82) is 0 Å². The Hall–Kier alpha value is -4.21. The summed E-state index contributed by atoms with van der Waals surface area (Å²) in [5, 5.41) is 4.23. The van der Waals surface area contributed by atoms with Crippen molar-refractivity contribution in [2.24, 2.45) is 14.1 Å². The van der Waals surface area contributed by atoms with Crippen molar-refractivity contribution in [3.05, 3.63) is 74.4 Å². The Labute approximate surface area is 194 Å². The number of aromatic nitrogens is 7. The van der Waals surface area contributed by atoms with Gasteiger partial charge in [-0.1, -0.05) is 19.1 Å². The predicted molar refractivity (Wildman–Crippen MR) is 132 cm³/mol. The van der Waals surface area contributed by atoms with Crippen LogP contribution in [0.5, 0.6) is 0 Å². The minimum atomic E-state index is -0.426.